The van der Waals surface area contributed by atoms with Crippen molar-refractivity contribution in [1.82, 2.24) is 5.32 Å². The van der Waals surface area contributed by atoms with Crippen molar-refractivity contribution in [2.75, 3.05) is 18.4 Å². The van der Waals surface area contributed by atoms with Crippen LogP contribution >= 0.6 is 15.9 Å². The summed E-state index contributed by atoms with van der Waals surface area (Å²) < 4.78 is 0.999. The maximum absolute atomic E-state index is 11.1. The van der Waals surface area contributed by atoms with Crippen LogP contribution in [-0.2, 0) is 4.79 Å². The first kappa shape index (κ1) is 11.0. The molecule has 0 heterocycles. The minimum Gasteiger partial charge on any atom is -0.376 e. The van der Waals surface area contributed by atoms with Crippen molar-refractivity contribution in [2.24, 2.45) is 0 Å². The zero-order chi connectivity index (χ0) is 10.4. The van der Waals surface area contributed by atoms with E-state index in [0.29, 0.717) is 13.1 Å². The average Bonchev–Trinajstić information content (AvgIpc) is 2.15. The number of hydrogen-bond acceptors (Lipinski definition) is 2. The highest BCUT2D eigenvalue weighted by Gasteiger charge is 1.98. The standard InChI is InChI=1S/C10H13BrN2O/c1-2-12-10(14)7-13-9-5-3-4-8(11)6-9/h3-6,13H,2,7H2,1H3,(H,12,14). The fourth-order valence-electron chi connectivity index (χ4n) is 1.04. The van der Waals surface area contributed by atoms with E-state index in [0.717, 1.165) is 10.2 Å². The summed E-state index contributed by atoms with van der Waals surface area (Å²) >= 11 is 3.36. The van der Waals surface area contributed by atoms with Crippen LogP contribution in [0.3, 0.4) is 0 Å². The van der Waals surface area contributed by atoms with E-state index in [-0.39, 0.29) is 5.91 Å². The highest BCUT2D eigenvalue weighted by Crippen LogP contribution is 2.14. The predicted octanol–water partition coefficient (Wildman–Crippen LogP) is 2.00. The molecule has 0 aliphatic heterocycles. The van der Waals surface area contributed by atoms with E-state index in [2.05, 4.69) is 26.6 Å². The van der Waals surface area contributed by atoms with E-state index in [1.54, 1.807) is 0 Å². The fourth-order valence-corrected chi connectivity index (χ4v) is 1.44. The van der Waals surface area contributed by atoms with Gasteiger partial charge < -0.3 is 10.6 Å². The molecule has 0 spiro atoms. The number of hydrogen-bond donors (Lipinski definition) is 2. The molecule has 0 aliphatic carbocycles. The van der Waals surface area contributed by atoms with Gasteiger partial charge >= 0.3 is 0 Å². The molecule has 0 bridgehead atoms. The molecule has 0 saturated heterocycles. The number of benzene rings is 1. The predicted molar refractivity (Wildman–Crippen MR) is 61.3 cm³/mol. The van der Waals surface area contributed by atoms with Gasteiger partial charge in [0.15, 0.2) is 0 Å². The molecule has 1 aromatic carbocycles. The number of rotatable bonds is 4. The molecule has 0 fully saturated rings. The van der Waals surface area contributed by atoms with Crippen LogP contribution in [0.25, 0.3) is 0 Å². The van der Waals surface area contributed by atoms with Crippen LogP contribution in [0, 0.1) is 0 Å². The van der Waals surface area contributed by atoms with Crippen LogP contribution in [0.5, 0.6) is 0 Å². The molecule has 76 valence electrons. The number of carbonyl (C=O) groups is 1. The summed E-state index contributed by atoms with van der Waals surface area (Å²) in [4.78, 5) is 11.1. The maximum atomic E-state index is 11.1. The SMILES string of the molecule is CCNC(=O)CNc1cccc(Br)c1. The van der Waals surface area contributed by atoms with Crippen LogP contribution in [0.1, 0.15) is 6.92 Å². The van der Waals surface area contributed by atoms with Crippen LogP contribution in [0.4, 0.5) is 5.69 Å². The van der Waals surface area contributed by atoms with Gasteiger partial charge in [0.05, 0.1) is 6.54 Å². The third kappa shape index (κ3) is 3.79. The lowest BCUT2D eigenvalue weighted by atomic mass is 10.3. The zero-order valence-corrected chi connectivity index (χ0v) is 9.60. The Morgan fingerprint density at radius 1 is 1.50 bits per heavy atom. The lowest BCUT2D eigenvalue weighted by Crippen LogP contribution is -2.29. The molecule has 1 amide bonds. The highest BCUT2D eigenvalue weighted by molar-refractivity contribution is 9.10. The summed E-state index contributed by atoms with van der Waals surface area (Å²) in [5.41, 5.74) is 0.936. The molecule has 0 radical (unpaired) electrons. The Bertz CT molecular complexity index is 315. The first-order valence-electron chi connectivity index (χ1n) is 4.48. The summed E-state index contributed by atoms with van der Waals surface area (Å²) in [6.45, 7) is 2.88. The Morgan fingerprint density at radius 3 is 2.93 bits per heavy atom. The Balaban J connectivity index is 2.41. The summed E-state index contributed by atoms with van der Waals surface area (Å²) in [7, 11) is 0. The quantitative estimate of drug-likeness (QED) is 0.866. The number of likely N-dealkylation sites (N-methyl/N-ethyl adjacent to an activating group) is 1. The van der Waals surface area contributed by atoms with Crippen molar-refractivity contribution in [3.8, 4) is 0 Å². The third-order valence-electron chi connectivity index (χ3n) is 1.65. The second-order valence-corrected chi connectivity index (χ2v) is 3.73. The van der Waals surface area contributed by atoms with Crippen molar-refractivity contribution in [1.29, 1.82) is 0 Å². The molecule has 14 heavy (non-hydrogen) atoms. The van der Waals surface area contributed by atoms with Crippen molar-refractivity contribution < 1.29 is 4.79 Å². The van der Waals surface area contributed by atoms with Gasteiger partial charge in [-0.2, -0.15) is 0 Å². The van der Waals surface area contributed by atoms with E-state index in [1.165, 1.54) is 0 Å². The van der Waals surface area contributed by atoms with Crippen molar-refractivity contribution >= 4 is 27.5 Å². The molecule has 3 nitrogen and oxygen atoms in total. The molecule has 1 rings (SSSR count). The number of amides is 1. The van der Waals surface area contributed by atoms with E-state index in [4.69, 9.17) is 0 Å². The van der Waals surface area contributed by atoms with Gasteiger partial charge in [-0.3, -0.25) is 4.79 Å². The van der Waals surface area contributed by atoms with Gasteiger partial charge in [0.25, 0.3) is 0 Å². The third-order valence-corrected chi connectivity index (χ3v) is 2.14. The Labute approximate surface area is 92.0 Å². The molecule has 0 aliphatic rings. The minimum atomic E-state index is 0.00692. The van der Waals surface area contributed by atoms with Crippen LogP contribution in [0.2, 0.25) is 0 Å². The van der Waals surface area contributed by atoms with E-state index in [9.17, 15) is 4.79 Å². The van der Waals surface area contributed by atoms with E-state index < -0.39 is 0 Å². The minimum absolute atomic E-state index is 0.00692. The fraction of sp³-hybridized carbons (Fsp3) is 0.300. The average molecular weight is 257 g/mol. The topological polar surface area (TPSA) is 41.1 Å². The highest BCUT2D eigenvalue weighted by atomic mass is 79.9. The first-order valence-corrected chi connectivity index (χ1v) is 5.28. The Morgan fingerprint density at radius 2 is 2.29 bits per heavy atom. The number of halogens is 1. The molecular weight excluding hydrogens is 244 g/mol. The second kappa shape index (κ2) is 5.65. The zero-order valence-electron chi connectivity index (χ0n) is 8.01. The maximum Gasteiger partial charge on any atom is 0.239 e. The summed E-state index contributed by atoms with van der Waals surface area (Å²) in [6, 6.07) is 7.71. The number of carbonyl (C=O) groups excluding carboxylic acids is 1. The Hall–Kier alpha value is -1.03. The lowest BCUT2D eigenvalue weighted by Gasteiger charge is -2.06. The molecule has 0 aromatic heterocycles. The van der Waals surface area contributed by atoms with E-state index in [1.807, 2.05) is 31.2 Å². The van der Waals surface area contributed by atoms with Gasteiger partial charge in [-0.05, 0) is 25.1 Å². The van der Waals surface area contributed by atoms with Gasteiger partial charge in [-0.25, -0.2) is 0 Å². The van der Waals surface area contributed by atoms with Crippen LogP contribution < -0.4 is 10.6 Å². The van der Waals surface area contributed by atoms with Crippen molar-refractivity contribution in [2.45, 2.75) is 6.92 Å². The largest absolute Gasteiger partial charge is 0.376 e. The van der Waals surface area contributed by atoms with Crippen molar-refractivity contribution in [3.63, 3.8) is 0 Å². The Kier molecular flexibility index (Phi) is 4.46. The van der Waals surface area contributed by atoms with Gasteiger partial charge in [0, 0.05) is 16.7 Å². The molecule has 4 heteroatoms. The first-order chi connectivity index (χ1) is 6.72. The molecule has 1 aromatic rings. The normalized spacial score (nSPS) is 9.57. The summed E-state index contributed by atoms with van der Waals surface area (Å²) in [5, 5.41) is 5.75. The lowest BCUT2D eigenvalue weighted by molar-refractivity contribution is -0.119. The van der Waals surface area contributed by atoms with Gasteiger partial charge in [0.2, 0.25) is 5.91 Å². The van der Waals surface area contributed by atoms with Gasteiger partial charge in [-0.1, -0.05) is 22.0 Å². The molecule has 0 atom stereocenters. The number of nitrogens with one attached hydrogen (secondary N) is 2. The van der Waals surface area contributed by atoms with Gasteiger partial charge in [0.1, 0.15) is 0 Å². The van der Waals surface area contributed by atoms with E-state index >= 15 is 0 Å². The van der Waals surface area contributed by atoms with Gasteiger partial charge in [-0.15, -0.1) is 0 Å². The smallest absolute Gasteiger partial charge is 0.239 e. The summed E-state index contributed by atoms with van der Waals surface area (Å²) in [5.74, 6) is 0.00692. The molecule has 0 saturated carbocycles. The van der Waals surface area contributed by atoms with Crippen LogP contribution in [-0.4, -0.2) is 19.0 Å². The molecule has 2 N–H and O–H groups in total. The monoisotopic (exact) mass is 256 g/mol. The molecular formula is C10H13BrN2O. The van der Waals surface area contributed by atoms with Crippen molar-refractivity contribution in [3.05, 3.63) is 28.7 Å². The van der Waals surface area contributed by atoms with Crippen LogP contribution in [0.15, 0.2) is 28.7 Å². The molecule has 0 unspecified atom stereocenters. The second-order valence-electron chi connectivity index (χ2n) is 2.82. The number of anilines is 1. The summed E-state index contributed by atoms with van der Waals surface area (Å²) in [6.07, 6.45) is 0.